The number of rotatable bonds is 4. The summed E-state index contributed by atoms with van der Waals surface area (Å²) in [5.74, 6) is 0. The molecule has 0 heterocycles. The molecule has 0 fully saturated rings. The van der Waals surface area contributed by atoms with E-state index in [1.807, 2.05) is 0 Å². The molecule has 80 valence electrons. The van der Waals surface area contributed by atoms with Crippen molar-refractivity contribution < 1.29 is 27.7 Å². The fourth-order valence-corrected chi connectivity index (χ4v) is 0.322. The van der Waals surface area contributed by atoms with Gasteiger partial charge in [0.25, 0.3) is 0 Å². The lowest BCUT2D eigenvalue weighted by molar-refractivity contribution is 0.0599. The van der Waals surface area contributed by atoms with Crippen LogP contribution < -0.4 is 0 Å². The summed E-state index contributed by atoms with van der Waals surface area (Å²) in [6, 6.07) is 0. The standard InChI is InChI=1S/C6H12O2.F2HO2P/c1-3-4-8-5-6(2)7;1-5(2,3)4/h3,6-7H,1,4-5H2,2H3;(H,3,4). The normalized spacial score (nSPS) is 12.7. The van der Waals surface area contributed by atoms with Crippen LogP contribution in [0.3, 0.4) is 0 Å². The van der Waals surface area contributed by atoms with Crippen LogP contribution in [-0.2, 0) is 9.30 Å². The highest BCUT2D eigenvalue weighted by Gasteiger charge is 2.09. The van der Waals surface area contributed by atoms with Gasteiger partial charge in [-0.25, -0.2) is 4.57 Å². The second kappa shape index (κ2) is 8.31. The van der Waals surface area contributed by atoms with Gasteiger partial charge < -0.3 is 9.84 Å². The van der Waals surface area contributed by atoms with Crippen LogP contribution in [-0.4, -0.2) is 29.3 Å². The van der Waals surface area contributed by atoms with E-state index >= 15 is 0 Å². The first-order valence-corrected chi connectivity index (χ1v) is 4.80. The van der Waals surface area contributed by atoms with Gasteiger partial charge in [0.15, 0.2) is 0 Å². The van der Waals surface area contributed by atoms with Gasteiger partial charge in [-0.3, -0.25) is 4.89 Å². The molecule has 0 saturated carbocycles. The number of halogens is 2. The topological polar surface area (TPSA) is 66.8 Å². The Kier molecular flexibility index (Phi) is 9.72. The van der Waals surface area contributed by atoms with Crippen LogP contribution >= 0.6 is 7.99 Å². The maximum atomic E-state index is 10.1. The molecule has 1 unspecified atom stereocenters. The van der Waals surface area contributed by atoms with Gasteiger partial charge in [0.1, 0.15) is 0 Å². The van der Waals surface area contributed by atoms with Crippen molar-refractivity contribution in [1.82, 2.24) is 0 Å². The van der Waals surface area contributed by atoms with Crippen molar-refractivity contribution in [2.45, 2.75) is 13.0 Å². The Morgan fingerprint density at radius 3 is 2.31 bits per heavy atom. The van der Waals surface area contributed by atoms with Crippen molar-refractivity contribution in [2.75, 3.05) is 13.2 Å². The van der Waals surface area contributed by atoms with E-state index in [2.05, 4.69) is 6.58 Å². The van der Waals surface area contributed by atoms with Gasteiger partial charge in [-0.15, -0.1) is 15.0 Å². The Morgan fingerprint density at radius 2 is 2.08 bits per heavy atom. The molecule has 0 spiro atoms. The van der Waals surface area contributed by atoms with Crippen molar-refractivity contribution in [1.29, 1.82) is 0 Å². The van der Waals surface area contributed by atoms with E-state index in [-0.39, 0.29) is 6.10 Å². The highest BCUT2D eigenvalue weighted by atomic mass is 31.2. The Balaban J connectivity index is 0. The third-order valence-corrected chi connectivity index (χ3v) is 0.595. The maximum absolute atomic E-state index is 10.1. The van der Waals surface area contributed by atoms with E-state index in [0.29, 0.717) is 13.2 Å². The average molecular weight is 218 g/mol. The minimum atomic E-state index is -5.64. The first-order chi connectivity index (χ1) is 5.77. The van der Waals surface area contributed by atoms with Crippen molar-refractivity contribution in [3.8, 4) is 0 Å². The van der Waals surface area contributed by atoms with Crippen LogP contribution in [0.2, 0.25) is 0 Å². The zero-order valence-electron chi connectivity index (χ0n) is 7.19. The molecule has 0 saturated heterocycles. The first-order valence-electron chi connectivity index (χ1n) is 3.36. The SMILES string of the molecule is C=CCOCC(C)O.O=P(O)(F)F. The Labute approximate surface area is 75.5 Å². The molecule has 0 bridgehead atoms. The number of hydrogen-bond donors (Lipinski definition) is 2. The van der Waals surface area contributed by atoms with Crippen molar-refractivity contribution in [3.05, 3.63) is 12.7 Å². The smallest absolute Gasteiger partial charge is 0.391 e. The predicted octanol–water partition coefficient (Wildman–Crippen LogP) is 1.60. The molecule has 0 aliphatic rings. The summed E-state index contributed by atoms with van der Waals surface area (Å²) < 4.78 is 33.6. The predicted molar refractivity (Wildman–Crippen MR) is 44.7 cm³/mol. The lowest BCUT2D eigenvalue weighted by Gasteiger charge is -2.01. The molecule has 13 heavy (non-hydrogen) atoms. The van der Waals surface area contributed by atoms with Gasteiger partial charge >= 0.3 is 7.99 Å². The molecule has 1 atom stereocenters. The molecular formula is C6H13F2O4P. The second-order valence-corrected chi connectivity index (χ2v) is 2.98. The summed E-state index contributed by atoms with van der Waals surface area (Å²) in [6.45, 7) is 6.05. The highest BCUT2D eigenvalue weighted by molar-refractivity contribution is 7.46. The van der Waals surface area contributed by atoms with E-state index in [1.54, 1.807) is 13.0 Å². The summed E-state index contributed by atoms with van der Waals surface area (Å²) in [4.78, 5) is 6.74. The van der Waals surface area contributed by atoms with Gasteiger partial charge in [-0.05, 0) is 6.92 Å². The molecule has 0 amide bonds. The monoisotopic (exact) mass is 218 g/mol. The van der Waals surface area contributed by atoms with Gasteiger partial charge in [0.05, 0.1) is 19.3 Å². The first kappa shape index (κ1) is 15.2. The lowest BCUT2D eigenvalue weighted by Crippen LogP contribution is -2.09. The summed E-state index contributed by atoms with van der Waals surface area (Å²) >= 11 is 0. The zero-order valence-corrected chi connectivity index (χ0v) is 8.08. The van der Waals surface area contributed by atoms with Gasteiger partial charge in [-0.1, -0.05) is 6.08 Å². The molecule has 7 heteroatoms. The summed E-state index contributed by atoms with van der Waals surface area (Å²) in [5.41, 5.74) is 0. The highest BCUT2D eigenvalue weighted by Crippen LogP contribution is 2.43. The number of ether oxygens (including phenoxy) is 1. The van der Waals surface area contributed by atoms with Gasteiger partial charge in [0, 0.05) is 0 Å². The number of hydrogen-bond acceptors (Lipinski definition) is 3. The van der Waals surface area contributed by atoms with Crippen LogP contribution in [0.1, 0.15) is 6.92 Å². The minimum absolute atomic E-state index is 0.366. The van der Waals surface area contributed by atoms with Crippen molar-refractivity contribution >= 4 is 7.99 Å². The molecule has 0 aliphatic heterocycles. The number of aliphatic hydroxyl groups is 1. The minimum Gasteiger partial charge on any atom is -0.391 e. The molecule has 4 nitrogen and oxygen atoms in total. The quantitative estimate of drug-likeness (QED) is 0.427. The molecule has 0 aliphatic carbocycles. The van der Waals surface area contributed by atoms with Crippen LogP contribution in [0.15, 0.2) is 12.7 Å². The molecule has 2 N–H and O–H groups in total. The van der Waals surface area contributed by atoms with Crippen LogP contribution in [0.25, 0.3) is 0 Å². The van der Waals surface area contributed by atoms with E-state index < -0.39 is 7.99 Å². The van der Waals surface area contributed by atoms with Crippen LogP contribution in [0.5, 0.6) is 0 Å². The molecule has 0 aromatic heterocycles. The largest absolute Gasteiger partial charge is 0.549 e. The average Bonchev–Trinajstić information content (AvgIpc) is 1.83. The molecule has 0 rings (SSSR count). The number of aliphatic hydroxyl groups excluding tert-OH is 1. The molecular weight excluding hydrogens is 205 g/mol. The van der Waals surface area contributed by atoms with Crippen molar-refractivity contribution in [2.24, 2.45) is 0 Å². The van der Waals surface area contributed by atoms with E-state index in [9.17, 15) is 8.39 Å². The fraction of sp³-hybridized carbons (Fsp3) is 0.667. The van der Waals surface area contributed by atoms with Crippen LogP contribution in [0.4, 0.5) is 8.39 Å². The molecule has 0 radical (unpaired) electrons. The molecule has 0 aromatic carbocycles. The fourth-order valence-electron chi connectivity index (χ4n) is 0.322. The summed E-state index contributed by atoms with van der Waals surface area (Å²) in [7, 11) is -5.64. The van der Waals surface area contributed by atoms with Crippen molar-refractivity contribution in [3.63, 3.8) is 0 Å². The summed E-state index contributed by atoms with van der Waals surface area (Å²) in [5, 5.41) is 8.62. The van der Waals surface area contributed by atoms with E-state index in [4.69, 9.17) is 19.3 Å². The summed E-state index contributed by atoms with van der Waals surface area (Å²) in [6.07, 6.45) is 1.29. The Bertz CT molecular complexity index is 160. The zero-order chi connectivity index (χ0) is 10.9. The van der Waals surface area contributed by atoms with E-state index in [1.165, 1.54) is 0 Å². The third kappa shape index (κ3) is 49.8. The van der Waals surface area contributed by atoms with Gasteiger partial charge in [0.2, 0.25) is 0 Å². The van der Waals surface area contributed by atoms with Gasteiger partial charge in [-0.2, -0.15) is 0 Å². The lowest BCUT2D eigenvalue weighted by atomic mass is 10.4. The van der Waals surface area contributed by atoms with E-state index in [0.717, 1.165) is 0 Å². The maximum Gasteiger partial charge on any atom is 0.549 e. The Morgan fingerprint density at radius 1 is 1.69 bits per heavy atom. The molecule has 0 aromatic rings. The van der Waals surface area contributed by atoms with Crippen LogP contribution in [0, 0.1) is 0 Å². The second-order valence-electron chi connectivity index (χ2n) is 2.11. The Hall–Kier alpha value is -0.290. The third-order valence-electron chi connectivity index (χ3n) is 0.595.